The Bertz CT molecular complexity index is 877. The van der Waals surface area contributed by atoms with Gasteiger partial charge in [0.2, 0.25) is 0 Å². The standard InChI is InChI=1S/C18H21NO4S/c1-12-9-16(22-3)17(23-4)11-18(12)24(20,21)19-13(2)10-14-7-5-6-8-15(14)19/h5-9,11,13H,10H2,1-4H3. The molecule has 0 aromatic heterocycles. The largest absolute Gasteiger partial charge is 0.493 e. The Morgan fingerprint density at radius 3 is 2.38 bits per heavy atom. The Morgan fingerprint density at radius 2 is 1.71 bits per heavy atom. The molecule has 0 bridgehead atoms. The van der Waals surface area contributed by atoms with Crippen molar-refractivity contribution in [3.63, 3.8) is 0 Å². The van der Waals surface area contributed by atoms with Gasteiger partial charge in [-0.2, -0.15) is 0 Å². The molecular formula is C18H21NO4S. The summed E-state index contributed by atoms with van der Waals surface area (Å²) in [7, 11) is -0.662. The highest BCUT2D eigenvalue weighted by Crippen LogP contribution is 2.39. The van der Waals surface area contributed by atoms with Crippen LogP contribution in [0, 0.1) is 6.92 Å². The van der Waals surface area contributed by atoms with Crippen LogP contribution >= 0.6 is 0 Å². The number of methoxy groups -OCH3 is 2. The summed E-state index contributed by atoms with van der Waals surface area (Å²) >= 11 is 0. The van der Waals surface area contributed by atoms with E-state index in [0.29, 0.717) is 23.5 Å². The number of aryl methyl sites for hydroxylation is 1. The molecule has 0 N–H and O–H groups in total. The maximum Gasteiger partial charge on any atom is 0.264 e. The van der Waals surface area contributed by atoms with Crippen LogP contribution in [-0.4, -0.2) is 28.7 Å². The molecule has 3 rings (SSSR count). The van der Waals surface area contributed by atoms with E-state index in [1.54, 1.807) is 13.0 Å². The Balaban J connectivity index is 2.16. The van der Waals surface area contributed by atoms with Crippen LogP contribution in [0.15, 0.2) is 41.3 Å². The molecule has 0 spiro atoms. The number of benzene rings is 2. The zero-order chi connectivity index (χ0) is 17.5. The number of hydrogen-bond donors (Lipinski definition) is 0. The predicted molar refractivity (Wildman–Crippen MR) is 93.6 cm³/mol. The second-order valence-corrected chi connectivity index (χ2v) is 7.74. The van der Waals surface area contributed by atoms with E-state index in [4.69, 9.17) is 9.47 Å². The van der Waals surface area contributed by atoms with Gasteiger partial charge in [-0.15, -0.1) is 0 Å². The van der Waals surface area contributed by atoms with Gasteiger partial charge in [0.05, 0.1) is 24.8 Å². The summed E-state index contributed by atoms with van der Waals surface area (Å²) in [6.45, 7) is 3.69. The van der Waals surface area contributed by atoms with Gasteiger partial charge in [-0.05, 0) is 43.5 Å². The number of anilines is 1. The van der Waals surface area contributed by atoms with Gasteiger partial charge in [0.1, 0.15) is 0 Å². The average molecular weight is 347 g/mol. The number of sulfonamides is 1. The number of hydrogen-bond acceptors (Lipinski definition) is 4. The average Bonchev–Trinajstić information content (AvgIpc) is 2.90. The van der Waals surface area contributed by atoms with Gasteiger partial charge in [-0.25, -0.2) is 8.42 Å². The normalized spacial score (nSPS) is 16.8. The molecule has 1 aliphatic heterocycles. The van der Waals surface area contributed by atoms with E-state index in [0.717, 1.165) is 11.3 Å². The molecule has 0 saturated carbocycles. The highest BCUT2D eigenvalue weighted by molar-refractivity contribution is 7.93. The van der Waals surface area contributed by atoms with E-state index >= 15 is 0 Å². The Labute approximate surface area is 142 Å². The zero-order valence-corrected chi connectivity index (χ0v) is 15.1. The Morgan fingerprint density at radius 1 is 1.08 bits per heavy atom. The lowest BCUT2D eigenvalue weighted by molar-refractivity contribution is 0.353. The number of fused-ring (bicyclic) bond motifs is 1. The summed E-state index contributed by atoms with van der Waals surface area (Å²) in [5.74, 6) is 0.922. The van der Waals surface area contributed by atoms with Crippen LogP contribution in [0.4, 0.5) is 5.69 Å². The van der Waals surface area contributed by atoms with E-state index in [-0.39, 0.29) is 10.9 Å². The molecule has 6 heteroatoms. The van der Waals surface area contributed by atoms with Crippen LogP contribution in [0.2, 0.25) is 0 Å². The molecule has 24 heavy (non-hydrogen) atoms. The highest BCUT2D eigenvalue weighted by atomic mass is 32.2. The minimum absolute atomic E-state index is 0.125. The second-order valence-electron chi connectivity index (χ2n) is 5.96. The van der Waals surface area contributed by atoms with Gasteiger partial charge in [0.25, 0.3) is 10.0 Å². The fraction of sp³-hybridized carbons (Fsp3) is 0.333. The van der Waals surface area contributed by atoms with Crippen LogP contribution in [0.1, 0.15) is 18.1 Å². The van der Waals surface area contributed by atoms with Crippen LogP contribution in [0.5, 0.6) is 11.5 Å². The number of rotatable bonds is 4. The molecular weight excluding hydrogens is 326 g/mol. The quantitative estimate of drug-likeness (QED) is 0.852. The summed E-state index contributed by atoms with van der Waals surface area (Å²) < 4.78 is 38.7. The molecule has 0 fully saturated rings. The predicted octanol–water partition coefficient (Wildman–Crippen LogP) is 3.15. The maximum absolute atomic E-state index is 13.3. The van der Waals surface area contributed by atoms with Crippen molar-refractivity contribution in [3.05, 3.63) is 47.5 Å². The minimum atomic E-state index is -3.69. The van der Waals surface area contributed by atoms with E-state index < -0.39 is 10.0 Å². The summed E-state index contributed by atoms with van der Waals surface area (Å²) in [6.07, 6.45) is 0.710. The first kappa shape index (κ1) is 16.6. The third-order valence-corrected chi connectivity index (χ3v) is 6.43. The van der Waals surface area contributed by atoms with Crippen LogP contribution < -0.4 is 13.8 Å². The molecule has 2 aromatic carbocycles. The van der Waals surface area contributed by atoms with Crippen LogP contribution in [-0.2, 0) is 16.4 Å². The molecule has 0 saturated heterocycles. The van der Waals surface area contributed by atoms with Gasteiger partial charge >= 0.3 is 0 Å². The molecule has 2 aromatic rings. The first-order valence-electron chi connectivity index (χ1n) is 7.75. The Hall–Kier alpha value is -2.21. The van der Waals surface area contributed by atoms with Crippen molar-refractivity contribution < 1.29 is 17.9 Å². The minimum Gasteiger partial charge on any atom is -0.493 e. The summed E-state index contributed by atoms with van der Waals surface area (Å²) in [5, 5.41) is 0. The van der Waals surface area contributed by atoms with Crippen molar-refractivity contribution in [2.24, 2.45) is 0 Å². The third-order valence-electron chi connectivity index (χ3n) is 4.36. The number of para-hydroxylation sites is 1. The second kappa shape index (κ2) is 6.02. The summed E-state index contributed by atoms with van der Waals surface area (Å²) in [5.41, 5.74) is 2.43. The van der Waals surface area contributed by atoms with Crippen molar-refractivity contribution in [3.8, 4) is 11.5 Å². The topological polar surface area (TPSA) is 55.8 Å². The molecule has 128 valence electrons. The summed E-state index contributed by atoms with van der Waals surface area (Å²) in [6, 6.07) is 10.7. The number of ether oxygens (including phenoxy) is 2. The maximum atomic E-state index is 13.3. The smallest absolute Gasteiger partial charge is 0.264 e. The van der Waals surface area contributed by atoms with Gasteiger partial charge in [-0.1, -0.05) is 18.2 Å². The van der Waals surface area contributed by atoms with Gasteiger partial charge in [-0.3, -0.25) is 4.31 Å². The monoisotopic (exact) mass is 347 g/mol. The van der Waals surface area contributed by atoms with Crippen LogP contribution in [0.25, 0.3) is 0 Å². The first-order valence-corrected chi connectivity index (χ1v) is 9.19. The van der Waals surface area contributed by atoms with E-state index in [1.165, 1.54) is 24.6 Å². The van der Waals surface area contributed by atoms with E-state index in [9.17, 15) is 8.42 Å². The SMILES string of the molecule is COc1cc(C)c(S(=O)(=O)N2c3ccccc3CC2C)cc1OC. The lowest BCUT2D eigenvalue weighted by Gasteiger charge is -2.25. The third kappa shape index (κ3) is 2.51. The molecule has 5 nitrogen and oxygen atoms in total. The first-order chi connectivity index (χ1) is 11.4. The van der Waals surface area contributed by atoms with Gasteiger partial charge in [0, 0.05) is 12.1 Å². The van der Waals surface area contributed by atoms with E-state index in [2.05, 4.69) is 0 Å². The fourth-order valence-electron chi connectivity index (χ4n) is 3.25. The summed E-state index contributed by atoms with van der Waals surface area (Å²) in [4.78, 5) is 0.240. The van der Waals surface area contributed by atoms with Gasteiger partial charge in [0.15, 0.2) is 11.5 Å². The van der Waals surface area contributed by atoms with E-state index in [1.807, 2.05) is 31.2 Å². The molecule has 0 radical (unpaired) electrons. The van der Waals surface area contributed by atoms with Crippen molar-refractivity contribution in [2.45, 2.75) is 31.2 Å². The Kier molecular flexibility index (Phi) is 4.17. The lowest BCUT2D eigenvalue weighted by atomic mass is 10.1. The van der Waals surface area contributed by atoms with Gasteiger partial charge < -0.3 is 9.47 Å². The van der Waals surface area contributed by atoms with Crippen LogP contribution in [0.3, 0.4) is 0 Å². The molecule has 0 amide bonds. The molecule has 0 aliphatic carbocycles. The van der Waals surface area contributed by atoms with Crippen molar-refractivity contribution in [2.75, 3.05) is 18.5 Å². The number of nitrogens with zero attached hydrogens (tertiary/aromatic N) is 1. The van der Waals surface area contributed by atoms with Crippen molar-refractivity contribution in [1.82, 2.24) is 0 Å². The fourth-order valence-corrected chi connectivity index (χ4v) is 5.17. The molecule has 1 unspecified atom stereocenters. The lowest BCUT2D eigenvalue weighted by Crippen LogP contribution is -2.36. The van der Waals surface area contributed by atoms with Crippen molar-refractivity contribution in [1.29, 1.82) is 0 Å². The highest BCUT2D eigenvalue weighted by Gasteiger charge is 2.37. The molecule has 1 aliphatic rings. The van der Waals surface area contributed by atoms with Crippen molar-refractivity contribution >= 4 is 15.7 Å². The molecule has 1 atom stereocenters. The molecule has 1 heterocycles. The zero-order valence-electron chi connectivity index (χ0n) is 14.2.